The van der Waals surface area contributed by atoms with Crippen LogP contribution in [0.1, 0.15) is 65.7 Å². The summed E-state index contributed by atoms with van der Waals surface area (Å²) in [5, 5.41) is 0. The molecule has 0 aliphatic heterocycles. The molecule has 4 aliphatic carbocycles. The molecule has 0 unspecified atom stereocenters. The summed E-state index contributed by atoms with van der Waals surface area (Å²) in [6, 6.07) is 0. The first-order valence-electron chi connectivity index (χ1n) is 8.93. The lowest BCUT2D eigenvalue weighted by Crippen LogP contribution is -2.48. The van der Waals surface area contributed by atoms with Gasteiger partial charge in [-0.05, 0) is 85.0 Å². The largest absolute Gasteiger partial charge is 0.0842 e. The van der Waals surface area contributed by atoms with Crippen LogP contribution in [0.15, 0.2) is 23.8 Å². The fourth-order valence-electron chi connectivity index (χ4n) is 6.56. The quantitative estimate of drug-likeness (QED) is 0.525. The highest BCUT2D eigenvalue weighted by molar-refractivity contribution is 5.33. The summed E-state index contributed by atoms with van der Waals surface area (Å²) < 4.78 is 0. The molecular formula is C20H30. The highest BCUT2D eigenvalue weighted by Crippen LogP contribution is 2.65. The fourth-order valence-corrected chi connectivity index (χ4v) is 6.56. The molecule has 0 spiro atoms. The van der Waals surface area contributed by atoms with Crippen molar-refractivity contribution in [2.24, 2.45) is 34.5 Å². The van der Waals surface area contributed by atoms with Crippen LogP contribution in [0.5, 0.6) is 0 Å². The van der Waals surface area contributed by atoms with E-state index in [-0.39, 0.29) is 0 Å². The van der Waals surface area contributed by atoms with Crippen molar-refractivity contribution in [2.75, 3.05) is 0 Å². The Kier molecular flexibility index (Phi) is 2.79. The Labute approximate surface area is 124 Å². The first-order chi connectivity index (χ1) is 9.56. The van der Waals surface area contributed by atoms with Gasteiger partial charge >= 0.3 is 0 Å². The van der Waals surface area contributed by atoms with Crippen LogP contribution in [0.2, 0.25) is 0 Å². The molecule has 20 heavy (non-hydrogen) atoms. The summed E-state index contributed by atoms with van der Waals surface area (Å²) in [7, 11) is 0. The normalized spacial score (nSPS) is 53.9. The second kappa shape index (κ2) is 4.24. The van der Waals surface area contributed by atoms with Gasteiger partial charge in [0.25, 0.3) is 0 Å². The van der Waals surface area contributed by atoms with E-state index < -0.39 is 0 Å². The maximum absolute atomic E-state index is 2.62. The number of hydrogen-bond acceptors (Lipinski definition) is 0. The molecule has 6 atom stereocenters. The van der Waals surface area contributed by atoms with Gasteiger partial charge in [-0.25, -0.2) is 0 Å². The zero-order valence-corrected chi connectivity index (χ0v) is 13.5. The molecule has 4 rings (SSSR count). The monoisotopic (exact) mass is 270 g/mol. The zero-order chi connectivity index (χ0) is 14.0. The third-order valence-electron chi connectivity index (χ3n) is 8.13. The van der Waals surface area contributed by atoms with Gasteiger partial charge in [-0.1, -0.05) is 39.0 Å². The van der Waals surface area contributed by atoms with Gasteiger partial charge < -0.3 is 0 Å². The van der Waals surface area contributed by atoms with Crippen molar-refractivity contribution in [1.29, 1.82) is 0 Å². The standard InChI is InChI=1S/C20H30/c1-14-7-10-17-16-9-8-15-6-4-5-12-20(15,3)18(16)11-13-19(14,17)2/h4,6,8,14,16-18H,5,7,9-13H2,1-3H3/t14-,16+,17+,18+,19-,20+/m1/s1. The molecule has 0 aromatic rings. The van der Waals surface area contributed by atoms with Gasteiger partial charge in [-0.15, -0.1) is 0 Å². The molecule has 2 saturated carbocycles. The smallest absolute Gasteiger partial charge is 0.00445 e. The molecule has 0 heterocycles. The summed E-state index contributed by atoms with van der Waals surface area (Å²) >= 11 is 0. The molecule has 0 heteroatoms. The number of fused-ring (bicyclic) bond motifs is 5. The first kappa shape index (κ1) is 13.2. The molecule has 0 bridgehead atoms. The number of allylic oxidation sites excluding steroid dienone is 4. The van der Waals surface area contributed by atoms with E-state index in [1.807, 2.05) is 0 Å². The highest BCUT2D eigenvalue weighted by Gasteiger charge is 2.56. The predicted octanol–water partition coefficient (Wildman–Crippen LogP) is 5.75. The lowest BCUT2D eigenvalue weighted by Gasteiger charge is -2.56. The number of hydrogen-bond donors (Lipinski definition) is 0. The van der Waals surface area contributed by atoms with Gasteiger partial charge in [-0.3, -0.25) is 0 Å². The summed E-state index contributed by atoms with van der Waals surface area (Å²) in [5.74, 6) is 3.92. The Morgan fingerprint density at radius 1 is 1.05 bits per heavy atom. The molecular weight excluding hydrogens is 240 g/mol. The van der Waals surface area contributed by atoms with Crippen LogP contribution in [0.4, 0.5) is 0 Å². The van der Waals surface area contributed by atoms with Gasteiger partial charge in [0.05, 0.1) is 0 Å². The van der Waals surface area contributed by atoms with Crippen LogP contribution in [-0.2, 0) is 0 Å². The van der Waals surface area contributed by atoms with Crippen LogP contribution in [0.25, 0.3) is 0 Å². The molecule has 0 aromatic carbocycles. The molecule has 0 aromatic heterocycles. The Bertz CT molecular complexity index is 470. The zero-order valence-electron chi connectivity index (χ0n) is 13.5. The average molecular weight is 270 g/mol. The van der Waals surface area contributed by atoms with Crippen molar-refractivity contribution in [3.05, 3.63) is 23.8 Å². The van der Waals surface area contributed by atoms with Gasteiger partial charge in [0.15, 0.2) is 0 Å². The van der Waals surface area contributed by atoms with Crippen molar-refractivity contribution in [2.45, 2.75) is 65.7 Å². The number of rotatable bonds is 0. The average Bonchev–Trinajstić information content (AvgIpc) is 2.74. The molecule has 2 fully saturated rings. The lowest BCUT2D eigenvalue weighted by molar-refractivity contribution is -0.0325. The summed E-state index contributed by atoms with van der Waals surface area (Å²) in [6.07, 6.45) is 17.5. The maximum Gasteiger partial charge on any atom is -0.00445 e. The molecule has 0 radical (unpaired) electrons. The SMILES string of the molecule is C[C@@H]1CC[C@H]2[C@@H]3CC=C4C=CCC[C@]4(C)[C@H]3CC[C@]12C. The Morgan fingerprint density at radius 3 is 2.75 bits per heavy atom. The molecule has 0 amide bonds. The van der Waals surface area contributed by atoms with E-state index >= 15 is 0 Å². The fraction of sp³-hybridized carbons (Fsp3) is 0.800. The van der Waals surface area contributed by atoms with Gasteiger partial charge in [0, 0.05) is 0 Å². The summed E-state index contributed by atoms with van der Waals surface area (Å²) in [4.78, 5) is 0. The van der Waals surface area contributed by atoms with E-state index in [1.54, 1.807) is 5.57 Å². The minimum atomic E-state index is 0.505. The molecule has 0 nitrogen and oxygen atoms in total. The third kappa shape index (κ3) is 1.54. The highest BCUT2D eigenvalue weighted by atomic mass is 14.6. The van der Waals surface area contributed by atoms with E-state index in [2.05, 4.69) is 39.0 Å². The minimum absolute atomic E-state index is 0.505. The van der Waals surface area contributed by atoms with Crippen molar-refractivity contribution in [3.8, 4) is 0 Å². The topological polar surface area (TPSA) is 0 Å². The van der Waals surface area contributed by atoms with E-state index in [4.69, 9.17) is 0 Å². The van der Waals surface area contributed by atoms with Gasteiger partial charge in [-0.2, -0.15) is 0 Å². The summed E-state index contributed by atoms with van der Waals surface area (Å²) in [5.41, 5.74) is 2.85. The lowest BCUT2D eigenvalue weighted by atomic mass is 9.48. The van der Waals surface area contributed by atoms with Crippen molar-refractivity contribution in [1.82, 2.24) is 0 Å². The second-order valence-corrected chi connectivity index (χ2v) is 8.65. The van der Waals surface area contributed by atoms with Crippen molar-refractivity contribution >= 4 is 0 Å². The van der Waals surface area contributed by atoms with Crippen molar-refractivity contribution < 1.29 is 0 Å². The Hall–Kier alpha value is -0.520. The Morgan fingerprint density at radius 2 is 1.90 bits per heavy atom. The van der Waals surface area contributed by atoms with E-state index in [9.17, 15) is 0 Å². The van der Waals surface area contributed by atoms with Crippen LogP contribution < -0.4 is 0 Å². The first-order valence-corrected chi connectivity index (χ1v) is 8.93. The molecule has 110 valence electrons. The third-order valence-corrected chi connectivity index (χ3v) is 8.13. The molecule has 0 N–H and O–H groups in total. The van der Waals surface area contributed by atoms with Crippen molar-refractivity contribution in [3.63, 3.8) is 0 Å². The van der Waals surface area contributed by atoms with Crippen LogP contribution in [0, 0.1) is 34.5 Å². The molecule has 4 aliphatic rings. The van der Waals surface area contributed by atoms with Crippen LogP contribution >= 0.6 is 0 Å². The van der Waals surface area contributed by atoms with E-state index in [0.717, 1.165) is 23.7 Å². The maximum atomic E-state index is 2.62. The van der Waals surface area contributed by atoms with Crippen LogP contribution in [0.3, 0.4) is 0 Å². The summed E-state index contributed by atoms with van der Waals surface area (Å²) in [6.45, 7) is 7.73. The van der Waals surface area contributed by atoms with Gasteiger partial charge in [0.1, 0.15) is 0 Å². The minimum Gasteiger partial charge on any atom is -0.0842 e. The second-order valence-electron chi connectivity index (χ2n) is 8.65. The van der Waals surface area contributed by atoms with E-state index in [1.165, 1.54) is 44.9 Å². The van der Waals surface area contributed by atoms with E-state index in [0.29, 0.717) is 10.8 Å². The van der Waals surface area contributed by atoms with Crippen LogP contribution in [-0.4, -0.2) is 0 Å². The Balaban J connectivity index is 1.72. The van der Waals surface area contributed by atoms with Gasteiger partial charge in [0.2, 0.25) is 0 Å². The molecule has 0 saturated heterocycles. The predicted molar refractivity (Wildman–Crippen MR) is 85.4 cm³/mol.